The van der Waals surface area contributed by atoms with Gasteiger partial charge in [0.15, 0.2) is 0 Å². The van der Waals surface area contributed by atoms with E-state index in [1.807, 2.05) is 0 Å². The van der Waals surface area contributed by atoms with Crippen LogP contribution in [0.1, 0.15) is 6.42 Å². The number of carbonyl (C=O) groups is 2. The Morgan fingerprint density at radius 2 is 2.00 bits per heavy atom. The Kier molecular flexibility index (Phi) is 10.0. The fourth-order valence-electron chi connectivity index (χ4n) is 0.160. The molecule has 0 saturated carbocycles. The van der Waals surface area contributed by atoms with Crippen molar-refractivity contribution in [3.05, 3.63) is 0 Å². The summed E-state index contributed by atoms with van der Waals surface area (Å²) in [5, 5.41) is 9.55. The minimum absolute atomic E-state index is 0. The van der Waals surface area contributed by atoms with Crippen LogP contribution < -0.4 is 56.5 Å². The fourth-order valence-corrected chi connectivity index (χ4v) is 0.243. The van der Waals surface area contributed by atoms with Gasteiger partial charge in [0, 0.05) is 0 Å². The van der Waals surface area contributed by atoms with Crippen LogP contribution in [0.3, 0.4) is 0 Å². The molecule has 0 aromatic carbocycles. The van der Waals surface area contributed by atoms with Crippen LogP contribution in [0.5, 0.6) is 0 Å². The summed E-state index contributed by atoms with van der Waals surface area (Å²) in [7, 11) is 1.64. The molecular formula is C3H4KO4P. The van der Waals surface area contributed by atoms with E-state index in [-0.39, 0.29) is 51.4 Å². The molecule has 1 unspecified atom stereocenters. The maximum Gasteiger partial charge on any atom is 1.00 e. The Morgan fingerprint density at radius 1 is 1.56 bits per heavy atom. The van der Waals surface area contributed by atoms with Crippen molar-refractivity contribution in [3.8, 4) is 0 Å². The number of rotatable bonds is 2. The first kappa shape index (κ1) is 12.7. The van der Waals surface area contributed by atoms with Crippen LogP contribution >= 0.6 is 9.47 Å². The predicted octanol–water partition coefficient (Wildman–Crippen LogP) is -4.54. The van der Waals surface area contributed by atoms with Gasteiger partial charge < -0.3 is 14.4 Å². The molecule has 1 atom stereocenters. The average molecular weight is 174 g/mol. The molecule has 46 valence electrons. The Hall–Kier alpha value is 1.01. The van der Waals surface area contributed by atoms with Crippen LogP contribution in [0.15, 0.2) is 0 Å². The van der Waals surface area contributed by atoms with Gasteiger partial charge in [-0.3, -0.25) is 4.79 Å². The number of aliphatic carboxylic acids is 1. The molecular weight excluding hydrogens is 170 g/mol. The molecule has 0 saturated heterocycles. The van der Waals surface area contributed by atoms with Gasteiger partial charge in [-0.25, -0.2) is 0 Å². The van der Waals surface area contributed by atoms with Gasteiger partial charge in [0.1, 0.15) is 0 Å². The first-order valence-corrected chi connectivity index (χ1v) is 2.23. The van der Waals surface area contributed by atoms with Crippen LogP contribution in [0.2, 0.25) is 0 Å². The van der Waals surface area contributed by atoms with E-state index in [0.717, 1.165) is 0 Å². The Morgan fingerprint density at radius 3 is 2.11 bits per heavy atom. The minimum Gasteiger partial charge on any atom is -0.550 e. The first-order valence-electron chi connectivity index (χ1n) is 1.76. The number of carboxylic acids is 1. The Bertz CT molecular complexity index is 114. The standard InChI is InChI=1S/C3H5O4P.K/c4-2(5)1-3(6)7-8;/h1,8H2,(H,4,5);/q;+1/p-1. The van der Waals surface area contributed by atoms with Crippen molar-refractivity contribution >= 4 is 21.4 Å². The molecule has 0 amide bonds. The second-order valence-corrected chi connectivity index (χ2v) is 1.27. The van der Waals surface area contributed by atoms with Crippen LogP contribution in [0.25, 0.3) is 0 Å². The molecule has 0 radical (unpaired) electrons. The van der Waals surface area contributed by atoms with E-state index >= 15 is 0 Å². The molecule has 0 aromatic heterocycles. The van der Waals surface area contributed by atoms with Crippen LogP contribution in [-0.2, 0) is 14.1 Å². The largest absolute Gasteiger partial charge is 1.00 e. The SMILES string of the molecule is O=C([O-])CC(=O)OP.[K+]. The zero-order valence-corrected chi connectivity index (χ0v) is 9.20. The van der Waals surface area contributed by atoms with E-state index < -0.39 is 18.4 Å². The smallest absolute Gasteiger partial charge is 0.550 e. The molecule has 0 fully saturated rings. The quantitative estimate of drug-likeness (QED) is 0.240. The van der Waals surface area contributed by atoms with E-state index in [1.165, 1.54) is 0 Å². The maximum atomic E-state index is 9.96. The molecule has 0 rings (SSSR count). The summed E-state index contributed by atoms with van der Waals surface area (Å²) in [4.78, 5) is 19.5. The second kappa shape index (κ2) is 7.12. The van der Waals surface area contributed by atoms with Crippen molar-refractivity contribution in [3.63, 3.8) is 0 Å². The van der Waals surface area contributed by atoms with Crippen molar-refractivity contribution < 1.29 is 70.6 Å². The van der Waals surface area contributed by atoms with E-state index in [4.69, 9.17) is 0 Å². The summed E-state index contributed by atoms with van der Waals surface area (Å²) in [6, 6.07) is 0. The molecule has 0 bridgehead atoms. The van der Waals surface area contributed by atoms with Gasteiger partial charge in [-0.1, -0.05) is 0 Å². The van der Waals surface area contributed by atoms with Crippen molar-refractivity contribution in [2.45, 2.75) is 6.42 Å². The molecule has 0 aliphatic heterocycles. The summed E-state index contributed by atoms with van der Waals surface area (Å²) < 4.78 is 3.92. The monoisotopic (exact) mass is 174 g/mol. The Labute approximate surface area is 97.0 Å². The number of carboxylic acid groups (broad SMARTS) is 1. The molecule has 4 nitrogen and oxygen atoms in total. The van der Waals surface area contributed by atoms with Gasteiger partial charge in [0.05, 0.1) is 21.9 Å². The summed E-state index contributed by atoms with van der Waals surface area (Å²) in [6.45, 7) is 0. The van der Waals surface area contributed by atoms with E-state index in [2.05, 4.69) is 4.52 Å². The third kappa shape index (κ3) is 9.01. The van der Waals surface area contributed by atoms with E-state index in [9.17, 15) is 14.7 Å². The minimum atomic E-state index is -1.43. The van der Waals surface area contributed by atoms with Gasteiger partial charge in [-0.15, -0.1) is 0 Å². The molecule has 0 aliphatic carbocycles. The predicted molar refractivity (Wildman–Crippen MR) is 25.4 cm³/mol. The molecule has 6 heteroatoms. The zero-order chi connectivity index (χ0) is 6.57. The summed E-state index contributed by atoms with van der Waals surface area (Å²) >= 11 is 0. The second-order valence-electron chi connectivity index (χ2n) is 1.04. The summed E-state index contributed by atoms with van der Waals surface area (Å²) in [6.07, 6.45) is -0.691. The molecule has 0 N–H and O–H groups in total. The van der Waals surface area contributed by atoms with Crippen molar-refractivity contribution in [1.82, 2.24) is 0 Å². The number of hydrogen-bond donors (Lipinski definition) is 0. The van der Waals surface area contributed by atoms with E-state index in [0.29, 0.717) is 0 Å². The molecule has 0 aliphatic rings. The Balaban J connectivity index is 0. The van der Waals surface area contributed by atoms with E-state index in [1.54, 1.807) is 9.47 Å². The third-order valence-electron chi connectivity index (χ3n) is 0.420. The van der Waals surface area contributed by atoms with Crippen LogP contribution in [-0.4, -0.2) is 11.9 Å². The maximum absolute atomic E-state index is 9.96. The summed E-state index contributed by atoms with van der Waals surface area (Å²) in [5.74, 6) is -2.26. The zero-order valence-electron chi connectivity index (χ0n) is 4.92. The molecule has 0 heterocycles. The van der Waals surface area contributed by atoms with Gasteiger partial charge in [0.25, 0.3) is 0 Å². The number of hydrogen-bond acceptors (Lipinski definition) is 4. The first-order chi connectivity index (χ1) is 3.66. The molecule has 0 spiro atoms. The van der Waals surface area contributed by atoms with Crippen molar-refractivity contribution in [2.75, 3.05) is 0 Å². The van der Waals surface area contributed by atoms with Crippen LogP contribution in [0, 0.1) is 0 Å². The third-order valence-corrected chi connectivity index (χ3v) is 0.683. The van der Waals surface area contributed by atoms with Crippen molar-refractivity contribution in [2.24, 2.45) is 0 Å². The fraction of sp³-hybridized carbons (Fsp3) is 0.333. The molecule has 9 heavy (non-hydrogen) atoms. The number of carbonyl (C=O) groups excluding carboxylic acids is 2. The van der Waals surface area contributed by atoms with Gasteiger partial charge >= 0.3 is 57.4 Å². The van der Waals surface area contributed by atoms with Gasteiger partial charge in [0.2, 0.25) is 0 Å². The summed E-state index contributed by atoms with van der Waals surface area (Å²) in [5.41, 5.74) is 0. The topological polar surface area (TPSA) is 66.4 Å². The van der Waals surface area contributed by atoms with Gasteiger partial charge in [-0.2, -0.15) is 0 Å². The van der Waals surface area contributed by atoms with Crippen molar-refractivity contribution in [1.29, 1.82) is 0 Å². The normalized spacial score (nSPS) is 7.22. The molecule has 0 aromatic rings. The average Bonchev–Trinajstić information content (AvgIpc) is 1.65. The van der Waals surface area contributed by atoms with Gasteiger partial charge in [-0.05, 0) is 0 Å². The van der Waals surface area contributed by atoms with Crippen LogP contribution in [0.4, 0.5) is 0 Å².